The number of thiophene rings is 2. The van der Waals surface area contributed by atoms with Crippen LogP contribution in [0.25, 0.3) is 51.1 Å². The molecule has 118 valence electrons. The molecule has 4 aromatic carbocycles. The maximum atomic E-state index is 3.60. The van der Waals surface area contributed by atoms with E-state index in [1.54, 1.807) is 0 Å². The minimum Gasteiger partial charge on any atom is -0.135 e. The van der Waals surface area contributed by atoms with Crippen LogP contribution in [0.3, 0.4) is 0 Å². The van der Waals surface area contributed by atoms with Crippen molar-refractivity contribution in [2.24, 2.45) is 0 Å². The van der Waals surface area contributed by atoms with Crippen molar-refractivity contribution in [3.05, 3.63) is 71.2 Å². The quantitative estimate of drug-likeness (QED) is 0.232. The molecule has 0 nitrogen and oxygen atoms in total. The number of halogens is 1. The summed E-state index contributed by atoms with van der Waals surface area (Å²) in [5.74, 6) is 0. The van der Waals surface area contributed by atoms with Gasteiger partial charge in [-0.3, -0.25) is 0 Å². The highest BCUT2D eigenvalue weighted by Crippen LogP contribution is 2.44. The Morgan fingerprint density at radius 2 is 1.32 bits per heavy atom. The lowest BCUT2D eigenvalue weighted by Gasteiger charge is -2.03. The average molecular weight is 419 g/mol. The Bertz CT molecular complexity index is 1450. The summed E-state index contributed by atoms with van der Waals surface area (Å²) < 4.78 is 6.61. The van der Waals surface area contributed by atoms with E-state index in [4.69, 9.17) is 0 Å². The molecule has 25 heavy (non-hydrogen) atoms. The molecule has 0 saturated carbocycles. The van der Waals surface area contributed by atoms with E-state index >= 15 is 0 Å². The van der Waals surface area contributed by atoms with Crippen molar-refractivity contribution in [3.63, 3.8) is 0 Å². The lowest BCUT2D eigenvalue weighted by Crippen LogP contribution is -1.75. The average Bonchev–Trinajstić information content (AvgIpc) is 3.18. The summed E-state index contributed by atoms with van der Waals surface area (Å²) in [7, 11) is 0. The van der Waals surface area contributed by atoms with Gasteiger partial charge in [0.25, 0.3) is 0 Å². The van der Waals surface area contributed by atoms with Crippen molar-refractivity contribution in [2.45, 2.75) is 0 Å². The van der Waals surface area contributed by atoms with E-state index in [0.29, 0.717) is 0 Å². The van der Waals surface area contributed by atoms with Gasteiger partial charge in [-0.2, -0.15) is 0 Å². The Kier molecular flexibility index (Phi) is 2.87. The summed E-state index contributed by atoms with van der Waals surface area (Å²) in [5.41, 5.74) is 0. The third kappa shape index (κ3) is 1.92. The van der Waals surface area contributed by atoms with Gasteiger partial charge in [0.2, 0.25) is 0 Å². The van der Waals surface area contributed by atoms with Gasteiger partial charge < -0.3 is 0 Å². The largest absolute Gasteiger partial charge is 0.135 e. The summed E-state index contributed by atoms with van der Waals surface area (Å²) in [6, 6.07) is 24.5. The first-order valence-corrected chi connectivity index (χ1v) is 10.6. The van der Waals surface area contributed by atoms with Gasteiger partial charge in [0, 0.05) is 50.2 Å². The number of benzene rings is 4. The van der Waals surface area contributed by atoms with Crippen LogP contribution in [0.4, 0.5) is 0 Å². The summed E-state index contributed by atoms with van der Waals surface area (Å²) >= 11 is 7.38. The molecule has 0 fully saturated rings. The second kappa shape index (κ2) is 5.04. The van der Waals surface area contributed by atoms with Crippen LogP contribution in [0.15, 0.2) is 71.2 Å². The highest BCUT2D eigenvalue weighted by atomic mass is 79.9. The molecular weight excluding hydrogens is 408 g/mol. The molecule has 0 saturated heterocycles. The van der Waals surface area contributed by atoms with Crippen molar-refractivity contribution < 1.29 is 0 Å². The molecule has 6 aromatic rings. The van der Waals surface area contributed by atoms with Crippen LogP contribution >= 0.6 is 38.6 Å². The second-order valence-corrected chi connectivity index (χ2v) is 9.37. The SMILES string of the molecule is Brc1ccc2c(c1)sc1ccc3c(ccc4c5ccccc5sc43)c12. The van der Waals surface area contributed by atoms with Gasteiger partial charge in [0.15, 0.2) is 0 Å². The van der Waals surface area contributed by atoms with Crippen LogP contribution in [0, 0.1) is 0 Å². The molecule has 6 rings (SSSR count). The van der Waals surface area contributed by atoms with Gasteiger partial charge in [-0.15, -0.1) is 22.7 Å². The first-order valence-electron chi connectivity index (χ1n) is 8.14. The fraction of sp³-hybridized carbons (Fsp3) is 0. The molecule has 0 bridgehead atoms. The minimum absolute atomic E-state index is 1.14. The van der Waals surface area contributed by atoms with E-state index in [1.807, 2.05) is 22.7 Å². The Morgan fingerprint density at radius 3 is 2.28 bits per heavy atom. The third-order valence-corrected chi connectivity index (χ3v) is 7.77. The fourth-order valence-electron chi connectivity index (χ4n) is 3.84. The highest BCUT2D eigenvalue weighted by Gasteiger charge is 2.13. The first kappa shape index (κ1) is 14.3. The molecule has 0 unspecified atom stereocenters. The van der Waals surface area contributed by atoms with E-state index in [-0.39, 0.29) is 0 Å². The topological polar surface area (TPSA) is 0 Å². The van der Waals surface area contributed by atoms with E-state index in [1.165, 1.54) is 51.1 Å². The summed E-state index contributed by atoms with van der Waals surface area (Å²) in [5, 5.41) is 8.22. The predicted octanol–water partition coefficient (Wildman–Crippen LogP) is 8.34. The van der Waals surface area contributed by atoms with Crippen molar-refractivity contribution in [2.75, 3.05) is 0 Å². The molecule has 0 N–H and O–H groups in total. The van der Waals surface area contributed by atoms with E-state index in [0.717, 1.165) is 4.47 Å². The van der Waals surface area contributed by atoms with Crippen molar-refractivity contribution in [3.8, 4) is 0 Å². The maximum absolute atomic E-state index is 3.60. The van der Waals surface area contributed by atoms with Crippen molar-refractivity contribution in [1.82, 2.24) is 0 Å². The molecule has 2 heterocycles. The Labute approximate surface area is 160 Å². The molecular formula is C22H11BrS2. The van der Waals surface area contributed by atoms with Crippen LogP contribution < -0.4 is 0 Å². The normalized spacial score (nSPS) is 12.2. The van der Waals surface area contributed by atoms with Gasteiger partial charge in [-0.25, -0.2) is 0 Å². The van der Waals surface area contributed by atoms with Crippen LogP contribution in [0.1, 0.15) is 0 Å². The van der Waals surface area contributed by atoms with E-state index in [2.05, 4.69) is 82.7 Å². The minimum atomic E-state index is 1.14. The Hall–Kier alpha value is -1.94. The molecule has 0 aliphatic heterocycles. The highest BCUT2D eigenvalue weighted by molar-refractivity contribution is 9.10. The Balaban J connectivity index is 1.86. The first-order chi connectivity index (χ1) is 12.3. The van der Waals surface area contributed by atoms with E-state index in [9.17, 15) is 0 Å². The van der Waals surface area contributed by atoms with Crippen molar-refractivity contribution in [1.29, 1.82) is 0 Å². The van der Waals surface area contributed by atoms with Gasteiger partial charge in [0.1, 0.15) is 0 Å². The van der Waals surface area contributed by atoms with Gasteiger partial charge in [0.05, 0.1) is 0 Å². The zero-order valence-electron chi connectivity index (χ0n) is 13.0. The molecule has 2 aromatic heterocycles. The molecule has 3 heteroatoms. The molecule has 0 amide bonds. The number of hydrogen-bond acceptors (Lipinski definition) is 2. The predicted molar refractivity (Wildman–Crippen MR) is 117 cm³/mol. The van der Waals surface area contributed by atoms with Gasteiger partial charge in [-0.05, 0) is 29.7 Å². The van der Waals surface area contributed by atoms with Crippen LogP contribution in [-0.2, 0) is 0 Å². The lowest BCUT2D eigenvalue weighted by atomic mass is 10.0. The van der Waals surface area contributed by atoms with Gasteiger partial charge in [-0.1, -0.05) is 58.4 Å². The Morgan fingerprint density at radius 1 is 0.560 bits per heavy atom. The molecule has 0 spiro atoms. The zero-order chi connectivity index (χ0) is 16.5. The standard InChI is InChI=1S/C22H11BrS2/c23-12-5-6-17-20(11-12)24-19-10-9-16-14(21(17)19)7-8-15-13-3-1-2-4-18(13)25-22(15)16/h1-11H. The number of rotatable bonds is 0. The number of hydrogen-bond donors (Lipinski definition) is 0. The molecule has 0 radical (unpaired) electrons. The van der Waals surface area contributed by atoms with Crippen molar-refractivity contribution >= 4 is 89.7 Å². The lowest BCUT2D eigenvalue weighted by molar-refractivity contribution is 1.78. The molecule has 0 aliphatic carbocycles. The monoisotopic (exact) mass is 418 g/mol. The third-order valence-electron chi connectivity index (χ3n) is 4.94. The van der Waals surface area contributed by atoms with Crippen LogP contribution in [0.2, 0.25) is 0 Å². The van der Waals surface area contributed by atoms with Gasteiger partial charge >= 0.3 is 0 Å². The molecule has 0 atom stereocenters. The van der Waals surface area contributed by atoms with E-state index < -0.39 is 0 Å². The van der Waals surface area contributed by atoms with Crippen LogP contribution in [0.5, 0.6) is 0 Å². The maximum Gasteiger partial charge on any atom is 0.0434 e. The molecule has 0 aliphatic rings. The number of fused-ring (bicyclic) bond motifs is 9. The smallest absolute Gasteiger partial charge is 0.0434 e. The second-order valence-electron chi connectivity index (χ2n) is 6.32. The summed E-state index contributed by atoms with van der Waals surface area (Å²) in [6.07, 6.45) is 0. The summed E-state index contributed by atoms with van der Waals surface area (Å²) in [6.45, 7) is 0. The summed E-state index contributed by atoms with van der Waals surface area (Å²) in [4.78, 5) is 0. The van der Waals surface area contributed by atoms with Crippen LogP contribution in [-0.4, -0.2) is 0 Å². The zero-order valence-corrected chi connectivity index (χ0v) is 16.3. The fourth-order valence-corrected chi connectivity index (χ4v) is 6.74.